The molecule has 0 amide bonds. The lowest BCUT2D eigenvalue weighted by atomic mass is 10.0. The van der Waals surface area contributed by atoms with Gasteiger partial charge in [0.1, 0.15) is 23.0 Å². The molecule has 0 saturated heterocycles. The molecule has 158 valence electrons. The van der Waals surface area contributed by atoms with Crippen LogP contribution in [0.25, 0.3) is 11.1 Å². The Morgan fingerprint density at radius 2 is 1.40 bits per heavy atom. The van der Waals surface area contributed by atoms with Gasteiger partial charge in [-0.3, -0.25) is 0 Å². The van der Waals surface area contributed by atoms with Crippen molar-refractivity contribution in [3.63, 3.8) is 0 Å². The summed E-state index contributed by atoms with van der Waals surface area (Å²) in [6, 6.07) is 9.92. The highest BCUT2D eigenvalue weighted by Crippen LogP contribution is 2.40. The topological polar surface area (TPSA) is 80.3 Å². The summed E-state index contributed by atoms with van der Waals surface area (Å²) in [6.45, 7) is 8.85. The van der Waals surface area contributed by atoms with Gasteiger partial charge in [-0.1, -0.05) is 13.2 Å². The number of hydrogen-bond donors (Lipinski definition) is 0. The number of benzene rings is 2. The number of carbonyl (C=O) groups is 2. The SMILES string of the molecule is C=C(C)C(=O)Oc1cc(OC)ccc1-c1ccc(OC(=O)C(=C)COC)cc1OC. The largest absolute Gasteiger partial charge is 0.497 e. The molecule has 0 N–H and O–H groups in total. The van der Waals surface area contributed by atoms with Crippen LogP contribution in [-0.2, 0) is 14.3 Å². The quantitative estimate of drug-likeness (QED) is 0.350. The molecule has 2 aromatic carbocycles. The summed E-state index contributed by atoms with van der Waals surface area (Å²) in [4.78, 5) is 24.1. The van der Waals surface area contributed by atoms with Gasteiger partial charge in [-0.2, -0.15) is 0 Å². The molecule has 7 heteroatoms. The summed E-state index contributed by atoms with van der Waals surface area (Å²) in [7, 11) is 4.46. The van der Waals surface area contributed by atoms with Crippen molar-refractivity contribution >= 4 is 11.9 Å². The molecule has 0 aliphatic heterocycles. The molecule has 2 aromatic rings. The number of ether oxygens (including phenoxy) is 5. The third-order valence-electron chi connectivity index (χ3n) is 4.02. The first kappa shape index (κ1) is 22.7. The van der Waals surface area contributed by atoms with Gasteiger partial charge < -0.3 is 23.7 Å². The highest BCUT2D eigenvalue weighted by atomic mass is 16.5. The molecule has 0 unspecified atom stereocenters. The Morgan fingerprint density at radius 3 is 1.97 bits per heavy atom. The maximum Gasteiger partial charge on any atom is 0.341 e. The van der Waals surface area contributed by atoms with E-state index in [1.54, 1.807) is 43.3 Å². The fourth-order valence-corrected chi connectivity index (χ4v) is 2.49. The fraction of sp³-hybridized carbons (Fsp3) is 0.217. The van der Waals surface area contributed by atoms with Gasteiger partial charge in [0, 0.05) is 35.9 Å². The lowest BCUT2D eigenvalue weighted by Gasteiger charge is -2.15. The van der Waals surface area contributed by atoms with E-state index in [0.29, 0.717) is 22.6 Å². The molecule has 0 saturated carbocycles. The number of carbonyl (C=O) groups excluding carboxylic acids is 2. The fourth-order valence-electron chi connectivity index (χ4n) is 2.49. The molecule has 0 bridgehead atoms. The normalized spacial score (nSPS) is 10.1. The first-order valence-corrected chi connectivity index (χ1v) is 8.93. The van der Waals surface area contributed by atoms with Crippen LogP contribution < -0.4 is 18.9 Å². The lowest BCUT2D eigenvalue weighted by Crippen LogP contribution is -2.14. The predicted molar refractivity (Wildman–Crippen MR) is 112 cm³/mol. The van der Waals surface area contributed by atoms with Gasteiger partial charge in [0.15, 0.2) is 0 Å². The van der Waals surface area contributed by atoms with Crippen LogP contribution >= 0.6 is 0 Å². The van der Waals surface area contributed by atoms with Crippen LogP contribution in [0.1, 0.15) is 6.92 Å². The van der Waals surface area contributed by atoms with E-state index >= 15 is 0 Å². The Labute approximate surface area is 175 Å². The molecule has 0 aliphatic carbocycles. The Kier molecular flexibility index (Phi) is 7.77. The Hall–Kier alpha value is -3.58. The van der Waals surface area contributed by atoms with E-state index in [1.807, 2.05) is 0 Å². The minimum absolute atomic E-state index is 0.0668. The summed E-state index contributed by atoms with van der Waals surface area (Å²) in [5.41, 5.74) is 1.66. The Morgan fingerprint density at radius 1 is 0.800 bits per heavy atom. The zero-order valence-corrected chi connectivity index (χ0v) is 17.4. The number of esters is 2. The van der Waals surface area contributed by atoms with Crippen LogP contribution in [0.15, 0.2) is 60.7 Å². The lowest BCUT2D eigenvalue weighted by molar-refractivity contribution is -0.131. The molecule has 0 aliphatic rings. The van der Waals surface area contributed by atoms with Crippen LogP contribution in [0.5, 0.6) is 23.0 Å². The van der Waals surface area contributed by atoms with Crippen molar-refractivity contribution in [1.29, 1.82) is 0 Å². The van der Waals surface area contributed by atoms with Gasteiger partial charge in [-0.25, -0.2) is 9.59 Å². The minimum Gasteiger partial charge on any atom is -0.497 e. The summed E-state index contributed by atoms with van der Waals surface area (Å²) < 4.78 is 26.4. The van der Waals surface area contributed by atoms with Gasteiger partial charge in [-0.15, -0.1) is 0 Å². The Balaban J connectivity index is 2.43. The summed E-state index contributed by atoms with van der Waals surface area (Å²) in [6.07, 6.45) is 0. The third-order valence-corrected chi connectivity index (χ3v) is 4.02. The van der Waals surface area contributed by atoms with Crippen molar-refractivity contribution in [1.82, 2.24) is 0 Å². The average molecular weight is 412 g/mol. The van der Waals surface area contributed by atoms with Gasteiger partial charge >= 0.3 is 11.9 Å². The average Bonchev–Trinajstić information content (AvgIpc) is 2.73. The molecular formula is C23H24O7. The van der Waals surface area contributed by atoms with Crippen LogP contribution in [0, 0.1) is 0 Å². The molecule has 7 nitrogen and oxygen atoms in total. The van der Waals surface area contributed by atoms with Crippen molar-refractivity contribution in [3.05, 3.63) is 60.7 Å². The van der Waals surface area contributed by atoms with Crippen LogP contribution in [-0.4, -0.2) is 39.9 Å². The third kappa shape index (κ3) is 5.48. The number of methoxy groups -OCH3 is 3. The zero-order valence-electron chi connectivity index (χ0n) is 17.4. The van der Waals surface area contributed by atoms with Crippen LogP contribution in [0.2, 0.25) is 0 Å². The van der Waals surface area contributed by atoms with E-state index in [0.717, 1.165) is 0 Å². The van der Waals surface area contributed by atoms with Gasteiger partial charge in [0.25, 0.3) is 0 Å². The zero-order chi connectivity index (χ0) is 22.3. The number of hydrogen-bond acceptors (Lipinski definition) is 7. The maximum atomic E-state index is 12.1. The van der Waals surface area contributed by atoms with Crippen molar-refractivity contribution < 1.29 is 33.3 Å². The van der Waals surface area contributed by atoms with Gasteiger partial charge in [0.05, 0.1) is 26.4 Å². The summed E-state index contributed by atoms with van der Waals surface area (Å²) in [5, 5.41) is 0. The predicted octanol–water partition coefficient (Wildman–Crippen LogP) is 3.96. The maximum absolute atomic E-state index is 12.1. The highest BCUT2D eigenvalue weighted by Gasteiger charge is 2.18. The van der Waals surface area contributed by atoms with Crippen molar-refractivity contribution in [2.24, 2.45) is 0 Å². The van der Waals surface area contributed by atoms with E-state index in [1.165, 1.54) is 21.3 Å². The second kappa shape index (κ2) is 10.3. The van der Waals surface area contributed by atoms with E-state index in [2.05, 4.69) is 13.2 Å². The monoisotopic (exact) mass is 412 g/mol. The standard InChI is InChI=1S/C23H24O7/c1-14(2)22(24)30-21-11-16(27-5)7-9-19(21)18-10-8-17(12-20(18)28-6)29-23(25)15(3)13-26-4/h7-12H,1,3,13H2,2,4-6H3. The summed E-state index contributed by atoms with van der Waals surface area (Å²) in [5.74, 6) is 0.309. The summed E-state index contributed by atoms with van der Waals surface area (Å²) >= 11 is 0. The molecule has 0 aromatic heterocycles. The molecule has 0 spiro atoms. The van der Waals surface area contributed by atoms with Crippen LogP contribution in [0.3, 0.4) is 0 Å². The smallest absolute Gasteiger partial charge is 0.341 e. The van der Waals surface area contributed by atoms with E-state index in [4.69, 9.17) is 23.7 Å². The highest BCUT2D eigenvalue weighted by molar-refractivity contribution is 5.91. The molecule has 30 heavy (non-hydrogen) atoms. The van der Waals surface area contributed by atoms with Crippen LogP contribution in [0.4, 0.5) is 0 Å². The minimum atomic E-state index is -0.604. The molecule has 2 rings (SSSR count). The molecular weight excluding hydrogens is 388 g/mol. The molecule has 0 heterocycles. The van der Waals surface area contributed by atoms with Crippen molar-refractivity contribution in [3.8, 4) is 34.1 Å². The van der Waals surface area contributed by atoms with Crippen molar-refractivity contribution in [2.45, 2.75) is 6.92 Å². The van der Waals surface area contributed by atoms with Gasteiger partial charge in [-0.05, 0) is 31.2 Å². The first-order chi connectivity index (χ1) is 14.3. The van der Waals surface area contributed by atoms with E-state index in [9.17, 15) is 9.59 Å². The molecule has 0 atom stereocenters. The second-order valence-electron chi connectivity index (χ2n) is 6.32. The van der Waals surface area contributed by atoms with E-state index in [-0.39, 0.29) is 29.3 Å². The molecule has 0 radical (unpaired) electrons. The first-order valence-electron chi connectivity index (χ1n) is 8.93. The number of rotatable bonds is 9. The Bertz CT molecular complexity index is 976. The van der Waals surface area contributed by atoms with E-state index < -0.39 is 11.9 Å². The molecule has 0 fully saturated rings. The second-order valence-corrected chi connectivity index (χ2v) is 6.32. The van der Waals surface area contributed by atoms with Gasteiger partial charge in [0.2, 0.25) is 0 Å². The van der Waals surface area contributed by atoms with Crippen molar-refractivity contribution in [2.75, 3.05) is 27.9 Å².